The van der Waals surface area contributed by atoms with E-state index in [1.54, 1.807) is 6.08 Å². The molecule has 0 unspecified atom stereocenters. The Kier molecular flexibility index (Phi) is 5.23. The lowest BCUT2D eigenvalue weighted by Crippen LogP contribution is -2.05. The first-order valence-corrected chi connectivity index (χ1v) is 8.17. The third-order valence-corrected chi connectivity index (χ3v) is 3.64. The molecule has 0 saturated heterocycles. The predicted octanol–water partition coefficient (Wildman–Crippen LogP) is 4.35. The van der Waals surface area contributed by atoms with Crippen molar-refractivity contribution in [2.75, 3.05) is 6.61 Å². The number of esters is 1. The summed E-state index contributed by atoms with van der Waals surface area (Å²) in [5, 5.41) is 0. The molecule has 128 valence electrons. The Morgan fingerprint density at radius 2 is 2.00 bits per heavy atom. The van der Waals surface area contributed by atoms with E-state index in [0.717, 1.165) is 24.2 Å². The molecular weight excluding hydrogens is 321 g/mol. The molecular formula is C20H18FNO3. The molecule has 3 rings (SSSR count). The lowest BCUT2D eigenvalue weighted by molar-refractivity contribution is -0.129. The van der Waals surface area contributed by atoms with Gasteiger partial charge in [-0.05, 0) is 54.5 Å². The SMILES string of the molecule is CCCCOc1cccc(/C=C2\N=C(c3ccc(F)cc3)OC2=O)c1. The molecule has 2 aromatic carbocycles. The van der Waals surface area contributed by atoms with Crippen molar-refractivity contribution in [2.24, 2.45) is 4.99 Å². The van der Waals surface area contributed by atoms with Gasteiger partial charge in [-0.2, -0.15) is 0 Å². The fraction of sp³-hybridized carbons (Fsp3) is 0.200. The molecule has 0 fully saturated rings. The number of halogens is 1. The van der Waals surface area contributed by atoms with Gasteiger partial charge in [0.05, 0.1) is 6.61 Å². The molecule has 0 bridgehead atoms. The first-order chi connectivity index (χ1) is 12.2. The first kappa shape index (κ1) is 16.9. The standard InChI is InChI=1S/C20H18FNO3/c1-2-3-11-24-17-6-4-5-14(12-17)13-18-20(23)25-19(22-18)15-7-9-16(21)10-8-15/h4-10,12-13H,2-3,11H2,1H3/b18-13-. The van der Waals surface area contributed by atoms with Gasteiger partial charge in [-0.25, -0.2) is 14.2 Å². The Morgan fingerprint density at radius 1 is 1.20 bits per heavy atom. The average molecular weight is 339 g/mol. The number of hydrogen-bond donors (Lipinski definition) is 0. The van der Waals surface area contributed by atoms with Crippen LogP contribution >= 0.6 is 0 Å². The zero-order valence-corrected chi connectivity index (χ0v) is 13.9. The van der Waals surface area contributed by atoms with E-state index in [-0.39, 0.29) is 17.4 Å². The number of nitrogens with zero attached hydrogens (tertiary/aromatic N) is 1. The minimum absolute atomic E-state index is 0.173. The van der Waals surface area contributed by atoms with Crippen LogP contribution in [0.1, 0.15) is 30.9 Å². The highest BCUT2D eigenvalue weighted by Gasteiger charge is 2.24. The van der Waals surface area contributed by atoms with Gasteiger partial charge in [0, 0.05) is 5.56 Å². The zero-order chi connectivity index (χ0) is 17.6. The highest BCUT2D eigenvalue weighted by atomic mass is 19.1. The second-order valence-electron chi connectivity index (χ2n) is 5.62. The van der Waals surface area contributed by atoms with Crippen LogP contribution in [-0.2, 0) is 9.53 Å². The highest BCUT2D eigenvalue weighted by molar-refractivity contribution is 6.12. The van der Waals surface area contributed by atoms with Crippen LogP contribution in [0.25, 0.3) is 6.08 Å². The lowest BCUT2D eigenvalue weighted by atomic mass is 10.2. The summed E-state index contributed by atoms with van der Waals surface area (Å²) in [6.07, 6.45) is 3.70. The molecule has 0 saturated carbocycles. The van der Waals surface area contributed by atoms with E-state index in [9.17, 15) is 9.18 Å². The second kappa shape index (κ2) is 7.75. The van der Waals surface area contributed by atoms with Crippen molar-refractivity contribution in [1.29, 1.82) is 0 Å². The third kappa shape index (κ3) is 4.32. The van der Waals surface area contributed by atoms with Crippen LogP contribution in [0.15, 0.2) is 59.2 Å². The Morgan fingerprint density at radius 3 is 2.76 bits per heavy atom. The molecule has 0 radical (unpaired) electrons. The average Bonchev–Trinajstić information content (AvgIpc) is 2.97. The Labute approximate surface area is 145 Å². The molecule has 0 aromatic heterocycles. The number of unbranched alkanes of at least 4 members (excludes halogenated alkanes) is 1. The molecule has 2 aromatic rings. The van der Waals surface area contributed by atoms with Crippen molar-refractivity contribution in [3.8, 4) is 5.75 Å². The summed E-state index contributed by atoms with van der Waals surface area (Å²) >= 11 is 0. The fourth-order valence-electron chi connectivity index (χ4n) is 2.31. The monoisotopic (exact) mass is 339 g/mol. The molecule has 0 aliphatic carbocycles. The smallest absolute Gasteiger partial charge is 0.363 e. The molecule has 5 heteroatoms. The van der Waals surface area contributed by atoms with Gasteiger partial charge in [-0.1, -0.05) is 25.5 Å². The number of cyclic esters (lactones) is 1. The van der Waals surface area contributed by atoms with Gasteiger partial charge in [0.1, 0.15) is 11.6 Å². The Hall–Kier alpha value is -2.95. The molecule has 0 spiro atoms. The summed E-state index contributed by atoms with van der Waals surface area (Å²) in [5.41, 5.74) is 1.55. The summed E-state index contributed by atoms with van der Waals surface area (Å²) in [5.74, 6) is 0.0319. The molecule has 1 heterocycles. The van der Waals surface area contributed by atoms with E-state index in [1.807, 2.05) is 24.3 Å². The number of rotatable bonds is 6. The number of aliphatic imine (C=N–C) groups is 1. The van der Waals surface area contributed by atoms with Crippen LogP contribution in [0.2, 0.25) is 0 Å². The summed E-state index contributed by atoms with van der Waals surface area (Å²) in [6, 6.07) is 13.1. The molecule has 25 heavy (non-hydrogen) atoms. The van der Waals surface area contributed by atoms with Crippen molar-refractivity contribution in [3.05, 3.63) is 71.2 Å². The van der Waals surface area contributed by atoms with Crippen molar-refractivity contribution in [3.63, 3.8) is 0 Å². The van der Waals surface area contributed by atoms with Gasteiger partial charge in [-0.3, -0.25) is 0 Å². The van der Waals surface area contributed by atoms with Crippen LogP contribution < -0.4 is 4.74 Å². The van der Waals surface area contributed by atoms with Crippen LogP contribution in [0, 0.1) is 5.82 Å². The minimum Gasteiger partial charge on any atom is -0.494 e. The lowest BCUT2D eigenvalue weighted by Gasteiger charge is -2.05. The predicted molar refractivity (Wildman–Crippen MR) is 93.9 cm³/mol. The van der Waals surface area contributed by atoms with Gasteiger partial charge < -0.3 is 9.47 Å². The van der Waals surface area contributed by atoms with E-state index < -0.39 is 5.97 Å². The molecule has 0 amide bonds. The van der Waals surface area contributed by atoms with Gasteiger partial charge in [0.25, 0.3) is 0 Å². The van der Waals surface area contributed by atoms with Gasteiger partial charge in [0.15, 0.2) is 5.70 Å². The second-order valence-corrected chi connectivity index (χ2v) is 5.62. The number of carbonyl (C=O) groups is 1. The minimum atomic E-state index is -0.531. The molecule has 4 nitrogen and oxygen atoms in total. The maximum atomic E-state index is 13.0. The van der Waals surface area contributed by atoms with Crippen molar-refractivity contribution in [1.82, 2.24) is 0 Å². The number of hydrogen-bond acceptors (Lipinski definition) is 4. The maximum Gasteiger partial charge on any atom is 0.363 e. The number of carbonyl (C=O) groups excluding carboxylic acids is 1. The Bertz CT molecular complexity index is 825. The van der Waals surface area contributed by atoms with E-state index >= 15 is 0 Å². The van der Waals surface area contributed by atoms with Crippen molar-refractivity contribution in [2.45, 2.75) is 19.8 Å². The third-order valence-electron chi connectivity index (χ3n) is 3.64. The van der Waals surface area contributed by atoms with E-state index in [1.165, 1.54) is 24.3 Å². The van der Waals surface area contributed by atoms with Gasteiger partial charge >= 0.3 is 5.97 Å². The van der Waals surface area contributed by atoms with Crippen molar-refractivity contribution >= 4 is 17.9 Å². The molecule has 1 aliphatic heterocycles. The summed E-state index contributed by atoms with van der Waals surface area (Å²) in [7, 11) is 0. The normalized spacial score (nSPS) is 15.2. The number of benzene rings is 2. The van der Waals surface area contributed by atoms with E-state index in [2.05, 4.69) is 11.9 Å². The molecule has 0 atom stereocenters. The quantitative estimate of drug-likeness (QED) is 0.447. The first-order valence-electron chi connectivity index (χ1n) is 8.17. The Balaban J connectivity index is 1.79. The van der Waals surface area contributed by atoms with Crippen LogP contribution in [0.3, 0.4) is 0 Å². The summed E-state index contributed by atoms with van der Waals surface area (Å²) in [4.78, 5) is 16.2. The fourth-order valence-corrected chi connectivity index (χ4v) is 2.31. The van der Waals surface area contributed by atoms with E-state index in [0.29, 0.717) is 12.2 Å². The van der Waals surface area contributed by atoms with E-state index in [4.69, 9.17) is 9.47 Å². The van der Waals surface area contributed by atoms with Gasteiger partial charge in [-0.15, -0.1) is 0 Å². The maximum absolute atomic E-state index is 13.0. The largest absolute Gasteiger partial charge is 0.494 e. The zero-order valence-electron chi connectivity index (χ0n) is 13.9. The number of ether oxygens (including phenoxy) is 2. The topological polar surface area (TPSA) is 47.9 Å². The van der Waals surface area contributed by atoms with Crippen molar-refractivity contribution < 1.29 is 18.7 Å². The summed E-state index contributed by atoms with van der Waals surface area (Å²) < 4.78 is 23.8. The summed E-state index contributed by atoms with van der Waals surface area (Å²) in [6.45, 7) is 2.76. The van der Waals surface area contributed by atoms with Crippen LogP contribution in [0.4, 0.5) is 4.39 Å². The van der Waals surface area contributed by atoms with Gasteiger partial charge in [0.2, 0.25) is 5.90 Å². The molecule has 0 N–H and O–H groups in total. The van der Waals surface area contributed by atoms with Crippen LogP contribution in [-0.4, -0.2) is 18.5 Å². The highest BCUT2D eigenvalue weighted by Crippen LogP contribution is 2.21. The van der Waals surface area contributed by atoms with Crippen LogP contribution in [0.5, 0.6) is 5.75 Å². The molecule has 1 aliphatic rings.